The number of anilines is 1. The highest BCUT2D eigenvalue weighted by molar-refractivity contribution is 5.91. The zero-order valence-electron chi connectivity index (χ0n) is 21.1. The van der Waals surface area contributed by atoms with Gasteiger partial charge in [0.25, 0.3) is 0 Å². The van der Waals surface area contributed by atoms with Crippen LogP contribution in [0.1, 0.15) is 37.6 Å². The molecule has 5 rings (SSSR count). The van der Waals surface area contributed by atoms with E-state index >= 15 is 0 Å². The summed E-state index contributed by atoms with van der Waals surface area (Å²) in [5, 5.41) is 1.14. The first-order chi connectivity index (χ1) is 17.4. The first kappa shape index (κ1) is 23.5. The van der Waals surface area contributed by atoms with Gasteiger partial charge in [0, 0.05) is 41.2 Å². The van der Waals surface area contributed by atoms with Gasteiger partial charge in [0.1, 0.15) is 5.75 Å². The molecule has 1 atom stereocenters. The van der Waals surface area contributed by atoms with Gasteiger partial charge in [-0.15, -0.1) is 0 Å². The lowest BCUT2D eigenvalue weighted by Crippen LogP contribution is -2.30. The summed E-state index contributed by atoms with van der Waals surface area (Å²) in [6.45, 7) is 7.57. The van der Waals surface area contributed by atoms with E-state index in [0.717, 1.165) is 33.5 Å². The second-order valence-corrected chi connectivity index (χ2v) is 9.61. The van der Waals surface area contributed by atoms with Crippen molar-refractivity contribution in [2.75, 3.05) is 12.8 Å². The van der Waals surface area contributed by atoms with Crippen LogP contribution >= 0.6 is 0 Å². The van der Waals surface area contributed by atoms with Crippen molar-refractivity contribution in [3.63, 3.8) is 0 Å². The Morgan fingerprint density at radius 2 is 1.67 bits per heavy atom. The Kier molecular flexibility index (Phi) is 6.18. The maximum atomic E-state index is 5.88. The van der Waals surface area contributed by atoms with E-state index in [4.69, 9.17) is 10.5 Å². The molecule has 1 unspecified atom stereocenters. The summed E-state index contributed by atoms with van der Waals surface area (Å²) in [6, 6.07) is 21.0. The number of benzene rings is 2. The fourth-order valence-corrected chi connectivity index (χ4v) is 4.98. The van der Waals surface area contributed by atoms with E-state index in [2.05, 4.69) is 89.0 Å². The van der Waals surface area contributed by atoms with Gasteiger partial charge in [0.05, 0.1) is 24.9 Å². The van der Waals surface area contributed by atoms with Crippen LogP contribution in [0.25, 0.3) is 22.0 Å². The molecule has 0 saturated carbocycles. The molecule has 0 aliphatic carbocycles. The number of methoxy groups -OCH3 is 1. The van der Waals surface area contributed by atoms with Gasteiger partial charge >= 0.3 is 0 Å². The summed E-state index contributed by atoms with van der Waals surface area (Å²) in [5.74, 6) is 1.48. The molecule has 0 spiro atoms. The fraction of sp³-hybridized carbons (Fsp3) is 0.233. The van der Waals surface area contributed by atoms with Crippen molar-refractivity contribution in [2.45, 2.75) is 32.7 Å². The van der Waals surface area contributed by atoms with E-state index in [-0.39, 0.29) is 11.4 Å². The van der Waals surface area contributed by atoms with Crippen LogP contribution in [0.15, 0.2) is 85.5 Å². The van der Waals surface area contributed by atoms with E-state index in [1.54, 1.807) is 19.5 Å². The molecule has 2 aromatic carbocycles. The summed E-state index contributed by atoms with van der Waals surface area (Å²) < 4.78 is 8.16. The molecule has 182 valence electrons. The fourth-order valence-electron chi connectivity index (χ4n) is 4.98. The Hall–Kier alpha value is -4.19. The number of aromatic nitrogens is 4. The molecule has 0 radical (unpaired) electrons. The standard InChI is InChI=1S/C30H31N5O/c1-20(2)30(3,23-13-11-21(12-14-23)22-16-33-29(31)34-17-22)25-19-35(18-24-8-5-6-15-32-24)26-9-7-10-27(36-4)28(25)26/h5-17,19-20H,18H2,1-4H3,(H2,31,33,34). The Labute approximate surface area is 211 Å². The van der Waals surface area contributed by atoms with Crippen LogP contribution in [0, 0.1) is 5.92 Å². The predicted molar refractivity (Wildman–Crippen MR) is 145 cm³/mol. The molecule has 6 heteroatoms. The van der Waals surface area contributed by atoms with Gasteiger partial charge in [0.15, 0.2) is 0 Å². The third-order valence-electron chi connectivity index (χ3n) is 7.35. The summed E-state index contributed by atoms with van der Waals surface area (Å²) in [7, 11) is 1.74. The molecule has 0 aliphatic heterocycles. The number of nitrogens with two attached hydrogens (primary N) is 1. The Balaban J connectivity index is 1.65. The quantitative estimate of drug-likeness (QED) is 0.307. The van der Waals surface area contributed by atoms with Gasteiger partial charge < -0.3 is 15.0 Å². The average molecular weight is 478 g/mol. The van der Waals surface area contributed by atoms with Crippen LogP contribution in [-0.4, -0.2) is 26.6 Å². The topological polar surface area (TPSA) is 78.9 Å². The van der Waals surface area contributed by atoms with Gasteiger partial charge in [0.2, 0.25) is 5.95 Å². The van der Waals surface area contributed by atoms with E-state index in [1.165, 1.54) is 11.1 Å². The summed E-state index contributed by atoms with van der Waals surface area (Å²) in [5.41, 5.74) is 12.0. The molecule has 3 aromatic heterocycles. The molecule has 3 heterocycles. The second kappa shape index (κ2) is 9.46. The van der Waals surface area contributed by atoms with E-state index in [0.29, 0.717) is 12.5 Å². The highest BCUT2D eigenvalue weighted by atomic mass is 16.5. The number of hydrogen-bond acceptors (Lipinski definition) is 5. The SMILES string of the molecule is COc1cccc2c1c(C(C)(c1ccc(-c3cnc(N)nc3)cc1)C(C)C)cn2Cc1ccccn1. The Morgan fingerprint density at radius 1 is 0.917 bits per heavy atom. The van der Waals surface area contributed by atoms with Crippen LogP contribution in [0.4, 0.5) is 5.95 Å². The maximum absolute atomic E-state index is 5.88. The Morgan fingerprint density at radius 3 is 2.31 bits per heavy atom. The summed E-state index contributed by atoms with van der Waals surface area (Å²) >= 11 is 0. The summed E-state index contributed by atoms with van der Waals surface area (Å²) in [4.78, 5) is 12.8. The third kappa shape index (κ3) is 4.09. The van der Waals surface area contributed by atoms with E-state index in [9.17, 15) is 0 Å². The van der Waals surface area contributed by atoms with Crippen molar-refractivity contribution in [3.05, 3.63) is 102 Å². The van der Waals surface area contributed by atoms with Crippen molar-refractivity contribution >= 4 is 16.9 Å². The van der Waals surface area contributed by atoms with Gasteiger partial charge in [-0.2, -0.15) is 0 Å². The zero-order chi connectivity index (χ0) is 25.3. The van der Waals surface area contributed by atoms with E-state index < -0.39 is 0 Å². The number of rotatable bonds is 7. The van der Waals surface area contributed by atoms with Crippen molar-refractivity contribution < 1.29 is 4.74 Å². The van der Waals surface area contributed by atoms with Crippen molar-refractivity contribution in [3.8, 4) is 16.9 Å². The largest absolute Gasteiger partial charge is 0.496 e. The van der Waals surface area contributed by atoms with Crippen LogP contribution in [-0.2, 0) is 12.0 Å². The second-order valence-electron chi connectivity index (χ2n) is 9.61. The number of hydrogen-bond donors (Lipinski definition) is 1. The third-order valence-corrected chi connectivity index (χ3v) is 7.35. The number of pyridine rings is 1. The molecule has 36 heavy (non-hydrogen) atoms. The van der Waals surface area contributed by atoms with Crippen LogP contribution in [0.5, 0.6) is 5.75 Å². The molecule has 2 N–H and O–H groups in total. The zero-order valence-corrected chi connectivity index (χ0v) is 21.1. The number of ether oxygens (including phenoxy) is 1. The molecular weight excluding hydrogens is 446 g/mol. The highest BCUT2D eigenvalue weighted by Gasteiger charge is 2.36. The van der Waals surface area contributed by atoms with Crippen LogP contribution in [0.3, 0.4) is 0 Å². The molecule has 0 fully saturated rings. The normalized spacial score (nSPS) is 13.1. The van der Waals surface area contributed by atoms with Crippen molar-refractivity contribution in [1.29, 1.82) is 0 Å². The minimum atomic E-state index is -0.265. The van der Waals surface area contributed by atoms with Crippen molar-refractivity contribution in [2.24, 2.45) is 5.92 Å². The minimum Gasteiger partial charge on any atom is -0.496 e. The monoisotopic (exact) mass is 477 g/mol. The molecule has 0 amide bonds. The molecule has 0 aliphatic rings. The highest BCUT2D eigenvalue weighted by Crippen LogP contribution is 2.45. The van der Waals surface area contributed by atoms with Gasteiger partial charge in [-0.25, -0.2) is 9.97 Å². The van der Waals surface area contributed by atoms with Crippen LogP contribution in [0.2, 0.25) is 0 Å². The average Bonchev–Trinajstić information content (AvgIpc) is 3.28. The lowest BCUT2D eigenvalue weighted by Gasteiger charge is -2.35. The minimum absolute atomic E-state index is 0.265. The Bertz CT molecular complexity index is 1470. The maximum Gasteiger partial charge on any atom is 0.219 e. The predicted octanol–water partition coefficient (Wildman–Crippen LogP) is 6.09. The van der Waals surface area contributed by atoms with Gasteiger partial charge in [-0.1, -0.05) is 57.2 Å². The van der Waals surface area contributed by atoms with Crippen LogP contribution < -0.4 is 10.5 Å². The first-order valence-corrected chi connectivity index (χ1v) is 12.2. The number of fused-ring (bicyclic) bond motifs is 1. The lowest BCUT2D eigenvalue weighted by atomic mass is 9.68. The number of nitrogen functional groups attached to an aromatic ring is 1. The molecule has 0 saturated heterocycles. The van der Waals surface area contributed by atoms with Crippen molar-refractivity contribution in [1.82, 2.24) is 19.5 Å². The smallest absolute Gasteiger partial charge is 0.219 e. The lowest BCUT2D eigenvalue weighted by molar-refractivity contribution is 0.401. The molecule has 0 bridgehead atoms. The first-order valence-electron chi connectivity index (χ1n) is 12.2. The number of nitrogens with zero attached hydrogens (tertiary/aromatic N) is 4. The van der Waals surface area contributed by atoms with Gasteiger partial charge in [-0.05, 0) is 46.9 Å². The molecule has 6 nitrogen and oxygen atoms in total. The molecular formula is C30H31N5O. The molecule has 5 aromatic rings. The van der Waals surface area contributed by atoms with Gasteiger partial charge in [-0.3, -0.25) is 4.98 Å². The van der Waals surface area contributed by atoms with E-state index in [1.807, 2.05) is 24.4 Å². The summed E-state index contributed by atoms with van der Waals surface area (Å²) in [6.07, 6.45) is 7.64.